The van der Waals surface area contributed by atoms with Crippen molar-refractivity contribution in [2.45, 2.75) is 50.4 Å². The van der Waals surface area contributed by atoms with Crippen LogP contribution in [-0.4, -0.2) is 10.9 Å². The molecule has 0 rings (SSSR count). The van der Waals surface area contributed by atoms with E-state index in [1.165, 1.54) is 0 Å². The maximum atomic E-state index is 11.3. The van der Waals surface area contributed by atoms with Gasteiger partial charge in [-0.1, -0.05) is 26.7 Å². The smallest absolute Gasteiger partial charge is 0.297 e. The second-order valence-corrected chi connectivity index (χ2v) is 5.10. The van der Waals surface area contributed by atoms with Gasteiger partial charge in [-0.25, -0.2) is 0 Å². The quantitative estimate of drug-likeness (QED) is 0.397. The molecular formula is C8H19O3PS2. The number of thiol groups is 2. The van der Waals surface area contributed by atoms with E-state index in [-0.39, 0.29) is 10.9 Å². The van der Waals surface area contributed by atoms with E-state index in [0.717, 1.165) is 25.7 Å². The molecule has 0 saturated carbocycles. The van der Waals surface area contributed by atoms with Crippen LogP contribution in [0.5, 0.6) is 0 Å². The Balaban J connectivity index is 3.63. The summed E-state index contributed by atoms with van der Waals surface area (Å²) in [5, 5.41) is 0. The number of hydrogen-bond acceptors (Lipinski definition) is 5. The van der Waals surface area contributed by atoms with Crippen LogP contribution in [0, 0.1) is 0 Å². The highest BCUT2D eigenvalue weighted by atomic mass is 32.1. The average Bonchev–Trinajstić information content (AvgIpc) is 2.03. The number of hydrogen-bond donors (Lipinski definition) is 2. The highest BCUT2D eigenvalue weighted by Gasteiger charge is 2.11. The van der Waals surface area contributed by atoms with E-state index in [1.54, 1.807) is 0 Å². The predicted molar refractivity (Wildman–Crippen MR) is 66.5 cm³/mol. The van der Waals surface area contributed by atoms with E-state index >= 15 is 0 Å². The fourth-order valence-electron chi connectivity index (χ4n) is 0.862. The lowest BCUT2D eigenvalue weighted by atomic mass is 10.4. The van der Waals surface area contributed by atoms with Crippen LogP contribution in [0.25, 0.3) is 0 Å². The summed E-state index contributed by atoms with van der Waals surface area (Å²) in [5.74, 6) is 0. The molecule has 0 fully saturated rings. The van der Waals surface area contributed by atoms with Crippen molar-refractivity contribution in [3.63, 3.8) is 0 Å². The summed E-state index contributed by atoms with van der Waals surface area (Å²) < 4.78 is 21.4. The fraction of sp³-hybridized carbons (Fsp3) is 1.00. The topological polar surface area (TPSA) is 35.5 Å². The highest BCUT2D eigenvalue weighted by Crippen LogP contribution is 2.32. The predicted octanol–water partition coefficient (Wildman–Crippen LogP) is 3.52. The second kappa shape index (κ2) is 9.10. The van der Waals surface area contributed by atoms with Crippen LogP contribution in [0.1, 0.15) is 39.5 Å². The first-order valence-electron chi connectivity index (χ1n) is 4.83. The Kier molecular flexibility index (Phi) is 9.66. The SMILES string of the molecule is CCCC(S)O[PH](=O)OC(S)CCC. The van der Waals surface area contributed by atoms with Crippen molar-refractivity contribution in [3.8, 4) is 0 Å². The summed E-state index contributed by atoms with van der Waals surface area (Å²) in [4.78, 5) is 0. The second-order valence-electron chi connectivity index (χ2n) is 2.97. The van der Waals surface area contributed by atoms with Gasteiger partial charge in [-0.3, -0.25) is 13.6 Å². The third-order valence-corrected chi connectivity index (χ3v) is 3.61. The molecule has 3 nitrogen and oxygen atoms in total. The zero-order chi connectivity index (χ0) is 11.0. The monoisotopic (exact) mass is 258 g/mol. The minimum atomic E-state index is -2.43. The Hall–Kier alpha value is 0.850. The van der Waals surface area contributed by atoms with Crippen molar-refractivity contribution < 1.29 is 13.6 Å². The molecule has 0 aliphatic carbocycles. The summed E-state index contributed by atoms with van der Waals surface area (Å²) in [6.07, 6.45) is 3.44. The Labute approximate surface area is 97.7 Å². The molecule has 0 aromatic heterocycles. The van der Waals surface area contributed by atoms with Gasteiger partial charge in [-0.2, -0.15) is 0 Å². The summed E-state index contributed by atoms with van der Waals surface area (Å²) in [7, 11) is -2.43. The molecule has 0 amide bonds. The average molecular weight is 258 g/mol. The minimum absolute atomic E-state index is 0.298. The van der Waals surface area contributed by atoms with Gasteiger partial charge in [0.1, 0.15) is 10.9 Å². The Bertz CT molecular complexity index is 153. The lowest BCUT2D eigenvalue weighted by Gasteiger charge is -2.14. The van der Waals surface area contributed by atoms with Crippen LogP contribution in [0.15, 0.2) is 0 Å². The van der Waals surface area contributed by atoms with Gasteiger partial charge < -0.3 is 0 Å². The molecule has 86 valence electrons. The summed E-state index contributed by atoms with van der Waals surface area (Å²) in [5.41, 5.74) is -0.595. The largest absolute Gasteiger partial charge is 0.321 e. The summed E-state index contributed by atoms with van der Waals surface area (Å²) in [6.45, 7) is 4.03. The van der Waals surface area contributed by atoms with Gasteiger partial charge in [0.15, 0.2) is 0 Å². The van der Waals surface area contributed by atoms with Crippen molar-refractivity contribution in [1.29, 1.82) is 0 Å². The molecule has 0 spiro atoms. The lowest BCUT2D eigenvalue weighted by molar-refractivity contribution is 0.193. The van der Waals surface area contributed by atoms with Crippen molar-refractivity contribution in [3.05, 3.63) is 0 Å². The van der Waals surface area contributed by atoms with Crippen molar-refractivity contribution in [2.24, 2.45) is 0 Å². The molecule has 0 bridgehead atoms. The third kappa shape index (κ3) is 8.18. The zero-order valence-electron chi connectivity index (χ0n) is 8.60. The van der Waals surface area contributed by atoms with Crippen LogP contribution in [0.3, 0.4) is 0 Å². The third-order valence-electron chi connectivity index (χ3n) is 1.54. The molecule has 0 aliphatic rings. The molecule has 2 unspecified atom stereocenters. The fourth-order valence-corrected chi connectivity index (χ4v) is 2.63. The molecule has 0 aromatic rings. The molecule has 0 radical (unpaired) electrons. The highest BCUT2D eigenvalue weighted by molar-refractivity contribution is 7.81. The standard InChI is InChI=1S/C8H19O3PS2/c1-3-5-7(13)10-12(9)11-8(14)6-4-2/h7-8,12-14H,3-6H2,1-2H3. The first-order valence-corrected chi connectivity index (χ1v) is 7.09. The van der Waals surface area contributed by atoms with Gasteiger partial charge in [0.2, 0.25) is 0 Å². The van der Waals surface area contributed by atoms with Gasteiger partial charge in [-0.15, -0.1) is 25.3 Å². The first-order chi connectivity index (χ1) is 6.60. The zero-order valence-corrected chi connectivity index (χ0v) is 11.4. The Morgan fingerprint density at radius 1 is 1.07 bits per heavy atom. The van der Waals surface area contributed by atoms with Crippen molar-refractivity contribution in [2.75, 3.05) is 0 Å². The van der Waals surface area contributed by atoms with E-state index < -0.39 is 8.25 Å². The van der Waals surface area contributed by atoms with Gasteiger partial charge in [0.05, 0.1) is 0 Å². The van der Waals surface area contributed by atoms with E-state index in [2.05, 4.69) is 25.3 Å². The van der Waals surface area contributed by atoms with Gasteiger partial charge >= 0.3 is 8.25 Å². The van der Waals surface area contributed by atoms with Gasteiger partial charge in [-0.05, 0) is 12.8 Å². The molecule has 0 heterocycles. The van der Waals surface area contributed by atoms with Crippen molar-refractivity contribution >= 4 is 33.5 Å². The van der Waals surface area contributed by atoms with E-state index in [4.69, 9.17) is 9.05 Å². The lowest BCUT2D eigenvalue weighted by Crippen LogP contribution is -2.03. The van der Waals surface area contributed by atoms with Crippen LogP contribution < -0.4 is 0 Å². The van der Waals surface area contributed by atoms with Crippen molar-refractivity contribution in [1.82, 2.24) is 0 Å². The van der Waals surface area contributed by atoms with E-state index in [0.29, 0.717) is 0 Å². The van der Waals surface area contributed by atoms with Crippen LogP contribution in [-0.2, 0) is 13.6 Å². The molecular weight excluding hydrogens is 239 g/mol. The molecule has 0 aromatic carbocycles. The molecule has 6 heteroatoms. The normalized spacial score (nSPS) is 17.7. The molecule has 0 aliphatic heterocycles. The maximum Gasteiger partial charge on any atom is 0.321 e. The Morgan fingerprint density at radius 2 is 1.43 bits per heavy atom. The van der Waals surface area contributed by atoms with Crippen LogP contribution in [0.4, 0.5) is 0 Å². The van der Waals surface area contributed by atoms with Gasteiger partial charge in [0, 0.05) is 0 Å². The Morgan fingerprint density at radius 3 is 1.71 bits per heavy atom. The first kappa shape index (κ1) is 14.8. The number of rotatable bonds is 8. The van der Waals surface area contributed by atoms with Gasteiger partial charge in [0.25, 0.3) is 0 Å². The molecule has 2 atom stereocenters. The van der Waals surface area contributed by atoms with Crippen LogP contribution in [0.2, 0.25) is 0 Å². The molecule has 0 saturated heterocycles. The van der Waals surface area contributed by atoms with E-state index in [1.807, 2.05) is 13.8 Å². The van der Waals surface area contributed by atoms with Crippen LogP contribution >= 0.6 is 33.5 Å². The maximum absolute atomic E-state index is 11.3. The molecule has 0 N–H and O–H groups in total. The van der Waals surface area contributed by atoms with E-state index in [9.17, 15) is 4.57 Å². The summed E-state index contributed by atoms with van der Waals surface area (Å²) >= 11 is 8.24. The minimum Gasteiger partial charge on any atom is -0.297 e. The molecule has 14 heavy (non-hydrogen) atoms. The summed E-state index contributed by atoms with van der Waals surface area (Å²) in [6, 6.07) is 0.